The van der Waals surface area contributed by atoms with Crippen LogP contribution in [0.25, 0.3) is 0 Å². The number of ether oxygens (including phenoxy) is 1. The first-order chi connectivity index (χ1) is 9.06. The van der Waals surface area contributed by atoms with Crippen molar-refractivity contribution in [2.24, 2.45) is 5.73 Å². The molecule has 0 saturated heterocycles. The zero-order valence-corrected chi connectivity index (χ0v) is 11.2. The average molecular weight is 259 g/mol. The van der Waals surface area contributed by atoms with E-state index in [0.717, 1.165) is 16.7 Å². The Morgan fingerprint density at radius 2 is 2.00 bits per heavy atom. The topological polar surface area (TPSA) is 35.2 Å². The van der Waals surface area contributed by atoms with Gasteiger partial charge in [-0.25, -0.2) is 4.39 Å². The average Bonchev–Trinajstić information content (AvgIpc) is 2.37. The van der Waals surface area contributed by atoms with Crippen LogP contribution in [-0.2, 0) is 6.61 Å². The third kappa shape index (κ3) is 3.55. The molecule has 0 unspecified atom stereocenters. The molecule has 3 heteroatoms. The molecule has 0 heterocycles. The number of rotatable bonds is 4. The Kier molecular flexibility index (Phi) is 4.17. The molecule has 2 nitrogen and oxygen atoms in total. The lowest BCUT2D eigenvalue weighted by Gasteiger charge is -2.10. The summed E-state index contributed by atoms with van der Waals surface area (Å²) in [6, 6.07) is 12.6. The van der Waals surface area contributed by atoms with E-state index >= 15 is 0 Å². The maximum atomic E-state index is 13.8. The Hall–Kier alpha value is -1.87. The highest BCUT2D eigenvalue weighted by Crippen LogP contribution is 2.22. The van der Waals surface area contributed by atoms with Gasteiger partial charge in [-0.05, 0) is 37.1 Å². The lowest BCUT2D eigenvalue weighted by Crippen LogP contribution is -2.06. The normalized spacial score (nSPS) is 12.2. The molecule has 2 rings (SSSR count). The van der Waals surface area contributed by atoms with Crippen LogP contribution in [0.4, 0.5) is 4.39 Å². The van der Waals surface area contributed by atoms with E-state index in [1.807, 2.05) is 38.1 Å². The van der Waals surface area contributed by atoms with Gasteiger partial charge in [-0.15, -0.1) is 0 Å². The van der Waals surface area contributed by atoms with Gasteiger partial charge in [0.2, 0.25) is 0 Å². The van der Waals surface area contributed by atoms with Crippen LogP contribution in [0.3, 0.4) is 0 Å². The van der Waals surface area contributed by atoms with Gasteiger partial charge in [-0.3, -0.25) is 0 Å². The Balaban J connectivity index is 2.07. The van der Waals surface area contributed by atoms with Crippen molar-refractivity contribution in [1.29, 1.82) is 0 Å². The zero-order chi connectivity index (χ0) is 13.8. The lowest BCUT2D eigenvalue weighted by atomic mass is 10.1. The third-order valence-corrected chi connectivity index (χ3v) is 2.96. The summed E-state index contributed by atoms with van der Waals surface area (Å²) in [5.74, 6) is -0.117. The van der Waals surface area contributed by atoms with Crippen LogP contribution in [-0.4, -0.2) is 0 Å². The highest BCUT2D eigenvalue weighted by molar-refractivity contribution is 5.31. The van der Waals surface area contributed by atoms with Gasteiger partial charge in [0, 0.05) is 6.04 Å². The second kappa shape index (κ2) is 5.85. The molecule has 0 bridgehead atoms. The second-order valence-electron chi connectivity index (χ2n) is 4.76. The minimum Gasteiger partial charge on any atom is -0.486 e. The van der Waals surface area contributed by atoms with Crippen LogP contribution in [0.15, 0.2) is 42.5 Å². The maximum Gasteiger partial charge on any atom is 0.165 e. The summed E-state index contributed by atoms with van der Waals surface area (Å²) >= 11 is 0. The summed E-state index contributed by atoms with van der Waals surface area (Å²) in [5.41, 5.74) is 8.66. The predicted octanol–water partition coefficient (Wildman–Crippen LogP) is 3.73. The SMILES string of the molecule is Cc1cccc(COc2ccc([C@@H](C)N)cc2F)c1. The van der Waals surface area contributed by atoms with E-state index in [1.54, 1.807) is 12.1 Å². The molecule has 19 heavy (non-hydrogen) atoms. The van der Waals surface area contributed by atoms with Gasteiger partial charge in [-0.1, -0.05) is 35.9 Å². The van der Waals surface area contributed by atoms with Crippen molar-refractivity contribution in [3.63, 3.8) is 0 Å². The van der Waals surface area contributed by atoms with Crippen molar-refractivity contribution in [1.82, 2.24) is 0 Å². The van der Waals surface area contributed by atoms with Crippen LogP contribution in [0, 0.1) is 12.7 Å². The molecule has 0 spiro atoms. The van der Waals surface area contributed by atoms with E-state index in [2.05, 4.69) is 0 Å². The maximum absolute atomic E-state index is 13.8. The smallest absolute Gasteiger partial charge is 0.165 e. The molecule has 0 aliphatic heterocycles. The van der Waals surface area contributed by atoms with E-state index in [4.69, 9.17) is 10.5 Å². The first-order valence-electron chi connectivity index (χ1n) is 6.29. The Morgan fingerprint density at radius 3 is 2.63 bits per heavy atom. The highest BCUT2D eigenvalue weighted by Gasteiger charge is 2.07. The molecule has 0 aliphatic carbocycles. The number of nitrogens with two attached hydrogens (primary N) is 1. The van der Waals surface area contributed by atoms with Crippen LogP contribution >= 0.6 is 0 Å². The number of benzene rings is 2. The van der Waals surface area contributed by atoms with Gasteiger partial charge in [0.05, 0.1) is 0 Å². The quantitative estimate of drug-likeness (QED) is 0.908. The van der Waals surface area contributed by atoms with Gasteiger partial charge in [0.1, 0.15) is 6.61 Å². The summed E-state index contributed by atoms with van der Waals surface area (Å²) < 4.78 is 19.3. The highest BCUT2D eigenvalue weighted by atomic mass is 19.1. The Bertz CT molecular complexity index is 566. The molecular formula is C16H18FNO. The minimum atomic E-state index is -0.373. The number of hydrogen-bond acceptors (Lipinski definition) is 2. The van der Waals surface area contributed by atoms with Crippen LogP contribution < -0.4 is 10.5 Å². The molecule has 0 amide bonds. The van der Waals surface area contributed by atoms with Crippen molar-refractivity contribution < 1.29 is 9.13 Å². The molecule has 100 valence electrons. The molecule has 2 N–H and O–H groups in total. The van der Waals surface area contributed by atoms with Crippen LogP contribution in [0.2, 0.25) is 0 Å². The predicted molar refractivity (Wildman–Crippen MR) is 74.5 cm³/mol. The number of hydrogen-bond donors (Lipinski definition) is 1. The molecular weight excluding hydrogens is 241 g/mol. The van der Waals surface area contributed by atoms with E-state index < -0.39 is 0 Å². The minimum absolute atomic E-state index is 0.180. The van der Waals surface area contributed by atoms with Gasteiger partial charge >= 0.3 is 0 Å². The molecule has 0 aliphatic rings. The molecule has 2 aromatic carbocycles. The molecule has 0 aromatic heterocycles. The van der Waals surface area contributed by atoms with Crippen molar-refractivity contribution in [2.45, 2.75) is 26.5 Å². The van der Waals surface area contributed by atoms with Crippen LogP contribution in [0.5, 0.6) is 5.75 Å². The molecule has 1 atom stereocenters. The standard InChI is InChI=1S/C16H18FNO/c1-11-4-3-5-13(8-11)10-19-16-7-6-14(12(2)18)9-15(16)17/h3-9,12H,10,18H2,1-2H3/t12-/m1/s1. The first-order valence-corrected chi connectivity index (χ1v) is 6.29. The lowest BCUT2D eigenvalue weighted by molar-refractivity contribution is 0.290. The monoisotopic (exact) mass is 259 g/mol. The Labute approximate surface area is 113 Å². The molecule has 0 radical (unpaired) electrons. The fraction of sp³-hybridized carbons (Fsp3) is 0.250. The fourth-order valence-electron chi connectivity index (χ4n) is 1.88. The van der Waals surface area contributed by atoms with Crippen molar-refractivity contribution in [2.75, 3.05) is 0 Å². The fourth-order valence-corrected chi connectivity index (χ4v) is 1.88. The van der Waals surface area contributed by atoms with E-state index in [1.165, 1.54) is 6.07 Å². The number of aryl methyl sites for hydroxylation is 1. The van der Waals surface area contributed by atoms with E-state index in [-0.39, 0.29) is 17.6 Å². The zero-order valence-electron chi connectivity index (χ0n) is 11.2. The summed E-state index contributed by atoms with van der Waals surface area (Å²) in [5, 5.41) is 0. The van der Waals surface area contributed by atoms with E-state index in [0.29, 0.717) is 6.61 Å². The largest absolute Gasteiger partial charge is 0.486 e. The molecule has 0 fully saturated rings. The van der Waals surface area contributed by atoms with Crippen LogP contribution in [0.1, 0.15) is 29.7 Å². The van der Waals surface area contributed by atoms with Crippen molar-refractivity contribution in [3.8, 4) is 5.75 Å². The van der Waals surface area contributed by atoms with Gasteiger partial charge in [-0.2, -0.15) is 0 Å². The van der Waals surface area contributed by atoms with Gasteiger partial charge in [0.15, 0.2) is 11.6 Å². The third-order valence-electron chi connectivity index (χ3n) is 2.96. The van der Waals surface area contributed by atoms with Gasteiger partial charge in [0.25, 0.3) is 0 Å². The van der Waals surface area contributed by atoms with E-state index in [9.17, 15) is 4.39 Å². The summed E-state index contributed by atoms with van der Waals surface area (Å²) in [6.45, 7) is 4.19. The first kappa shape index (κ1) is 13.6. The Morgan fingerprint density at radius 1 is 1.21 bits per heavy atom. The summed E-state index contributed by atoms with van der Waals surface area (Å²) in [6.07, 6.45) is 0. The van der Waals surface area contributed by atoms with Crippen molar-refractivity contribution in [3.05, 3.63) is 65.0 Å². The van der Waals surface area contributed by atoms with Gasteiger partial charge < -0.3 is 10.5 Å². The molecule has 0 saturated carbocycles. The number of halogens is 1. The second-order valence-corrected chi connectivity index (χ2v) is 4.76. The summed E-state index contributed by atoms with van der Waals surface area (Å²) in [7, 11) is 0. The molecule has 2 aromatic rings. The van der Waals surface area contributed by atoms with Crippen molar-refractivity contribution >= 4 is 0 Å². The summed E-state index contributed by atoms with van der Waals surface area (Å²) in [4.78, 5) is 0.